The van der Waals surface area contributed by atoms with Crippen molar-refractivity contribution in [3.63, 3.8) is 0 Å². The second-order valence-electron chi connectivity index (χ2n) is 5.12. The number of benzene rings is 1. The molecule has 0 radical (unpaired) electrons. The second kappa shape index (κ2) is 5.36. The third-order valence-corrected chi connectivity index (χ3v) is 3.44. The topological polar surface area (TPSA) is 44.9 Å². The summed E-state index contributed by atoms with van der Waals surface area (Å²) in [6.45, 7) is 7.09. The molecule has 0 saturated carbocycles. The first kappa shape index (κ1) is 12.8. The summed E-state index contributed by atoms with van der Waals surface area (Å²) >= 11 is 0. The third kappa shape index (κ3) is 2.79. The quantitative estimate of drug-likeness (QED) is 0.868. The molecule has 0 fully saturated rings. The molecule has 1 heterocycles. The monoisotopic (exact) mass is 244 g/mol. The Morgan fingerprint density at radius 2 is 1.94 bits per heavy atom. The number of fused-ring (bicyclic) bond motifs is 1. The summed E-state index contributed by atoms with van der Waals surface area (Å²) in [6.07, 6.45) is 0. The van der Waals surface area contributed by atoms with Gasteiger partial charge in [0.15, 0.2) is 0 Å². The summed E-state index contributed by atoms with van der Waals surface area (Å²) in [4.78, 5) is 14.8. The highest BCUT2D eigenvalue weighted by Crippen LogP contribution is 2.10. The maximum absolute atomic E-state index is 11.9. The van der Waals surface area contributed by atoms with Crippen LogP contribution < -0.4 is 10.9 Å². The van der Waals surface area contributed by atoms with E-state index in [9.17, 15) is 4.79 Å². The molecule has 2 N–H and O–H groups in total. The van der Waals surface area contributed by atoms with Crippen molar-refractivity contribution in [3.05, 3.63) is 46.2 Å². The maximum Gasteiger partial charge on any atom is 0.252 e. The Morgan fingerprint density at radius 1 is 1.22 bits per heavy atom. The number of rotatable bonds is 4. The molecule has 0 aliphatic carbocycles. The highest BCUT2D eigenvalue weighted by atomic mass is 16.1. The van der Waals surface area contributed by atoms with Crippen LogP contribution in [0, 0.1) is 5.92 Å². The van der Waals surface area contributed by atoms with Gasteiger partial charge in [0.1, 0.15) is 0 Å². The molecular formula is C15H20N2O. The predicted molar refractivity (Wildman–Crippen MR) is 75.7 cm³/mol. The molecule has 2 aromatic rings. The Hall–Kier alpha value is -1.61. The van der Waals surface area contributed by atoms with Crippen LogP contribution in [0.15, 0.2) is 35.1 Å². The fraction of sp³-hybridized carbons (Fsp3) is 0.400. The van der Waals surface area contributed by atoms with Crippen LogP contribution >= 0.6 is 0 Å². The highest BCUT2D eigenvalue weighted by Gasteiger charge is 2.08. The summed E-state index contributed by atoms with van der Waals surface area (Å²) in [5.74, 6) is 0.560. The van der Waals surface area contributed by atoms with Gasteiger partial charge in [-0.15, -0.1) is 0 Å². The zero-order chi connectivity index (χ0) is 13.1. The molecule has 0 amide bonds. The lowest BCUT2D eigenvalue weighted by atomic mass is 10.1. The summed E-state index contributed by atoms with van der Waals surface area (Å²) in [6, 6.07) is 10.2. The van der Waals surface area contributed by atoms with E-state index < -0.39 is 0 Å². The first-order valence-corrected chi connectivity index (χ1v) is 6.42. The fourth-order valence-corrected chi connectivity index (χ4v) is 1.83. The van der Waals surface area contributed by atoms with E-state index in [0.29, 0.717) is 18.5 Å². The van der Waals surface area contributed by atoms with Crippen molar-refractivity contribution in [2.24, 2.45) is 5.92 Å². The van der Waals surface area contributed by atoms with E-state index in [1.807, 2.05) is 30.3 Å². The third-order valence-electron chi connectivity index (χ3n) is 3.44. The normalized spacial score (nSPS) is 13.1. The van der Waals surface area contributed by atoms with Crippen molar-refractivity contribution in [2.45, 2.75) is 33.4 Å². The van der Waals surface area contributed by atoms with Crippen LogP contribution in [-0.4, -0.2) is 11.0 Å². The number of aromatic amines is 1. The van der Waals surface area contributed by atoms with Gasteiger partial charge in [-0.2, -0.15) is 0 Å². The minimum atomic E-state index is -0.00263. The van der Waals surface area contributed by atoms with Gasteiger partial charge in [0, 0.05) is 23.7 Å². The number of aromatic nitrogens is 1. The molecule has 0 saturated heterocycles. The number of hydrogen-bond donors (Lipinski definition) is 2. The van der Waals surface area contributed by atoms with E-state index in [1.54, 1.807) is 0 Å². The molecule has 1 atom stereocenters. The van der Waals surface area contributed by atoms with E-state index in [-0.39, 0.29) is 5.56 Å². The lowest BCUT2D eigenvalue weighted by Gasteiger charge is -2.17. The molecule has 0 spiro atoms. The van der Waals surface area contributed by atoms with Gasteiger partial charge in [0.05, 0.1) is 0 Å². The standard InChI is InChI=1S/C15H20N2O/c1-10(2)11(3)16-9-13-8-12-6-4-5-7-14(12)17-15(13)18/h4-8,10-11,16H,9H2,1-3H3,(H,17,18). The van der Waals surface area contributed by atoms with Gasteiger partial charge in [-0.05, 0) is 30.4 Å². The van der Waals surface area contributed by atoms with Crippen LogP contribution in [-0.2, 0) is 6.54 Å². The van der Waals surface area contributed by atoms with Gasteiger partial charge in [0.25, 0.3) is 5.56 Å². The van der Waals surface area contributed by atoms with Crippen molar-refractivity contribution >= 4 is 10.9 Å². The number of para-hydroxylation sites is 1. The van der Waals surface area contributed by atoms with Gasteiger partial charge in [-0.25, -0.2) is 0 Å². The van der Waals surface area contributed by atoms with Gasteiger partial charge in [-0.1, -0.05) is 32.0 Å². The van der Waals surface area contributed by atoms with E-state index in [0.717, 1.165) is 16.5 Å². The van der Waals surface area contributed by atoms with Crippen molar-refractivity contribution in [2.75, 3.05) is 0 Å². The summed E-state index contributed by atoms with van der Waals surface area (Å²) in [5, 5.41) is 4.46. The molecule has 2 rings (SSSR count). The first-order valence-electron chi connectivity index (χ1n) is 6.42. The van der Waals surface area contributed by atoms with E-state index in [2.05, 4.69) is 31.1 Å². The Bertz CT molecular complexity index is 586. The molecule has 0 bridgehead atoms. The van der Waals surface area contributed by atoms with Gasteiger partial charge >= 0.3 is 0 Å². The van der Waals surface area contributed by atoms with Crippen LogP contribution in [0.4, 0.5) is 0 Å². The Morgan fingerprint density at radius 3 is 2.67 bits per heavy atom. The van der Waals surface area contributed by atoms with Gasteiger partial charge in [0.2, 0.25) is 0 Å². The minimum absolute atomic E-state index is 0.00263. The molecule has 0 aliphatic heterocycles. The molecule has 96 valence electrons. The highest BCUT2D eigenvalue weighted by molar-refractivity contribution is 5.78. The largest absolute Gasteiger partial charge is 0.322 e. The van der Waals surface area contributed by atoms with E-state index in [1.165, 1.54) is 0 Å². The van der Waals surface area contributed by atoms with Gasteiger partial charge < -0.3 is 10.3 Å². The van der Waals surface area contributed by atoms with Crippen molar-refractivity contribution in [1.82, 2.24) is 10.3 Å². The number of pyridine rings is 1. The first-order chi connectivity index (χ1) is 8.58. The molecule has 1 aromatic heterocycles. The fourth-order valence-electron chi connectivity index (χ4n) is 1.83. The Balaban J connectivity index is 2.23. The SMILES string of the molecule is CC(C)C(C)NCc1cc2ccccc2[nH]c1=O. The molecule has 1 unspecified atom stereocenters. The predicted octanol–water partition coefficient (Wildman–Crippen LogP) is 2.66. The minimum Gasteiger partial charge on any atom is -0.322 e. The summed E-state index contributed by atoms with van der Waals surface area (Å²) < 4.78 is 0. The number of hydrogen-bond acceptors (Lipinski definition) is 2. The molecule has 3 nitrogen and oxygen atoms in total. The van der Waals surface area contributed by atoms with Crippen LogP contribution in [0.3, 0.4) is 0 Å². The molecular weight excluding hydrogens is 224 g/mol. The van der Waals surface area contributed by atoms with E-state index in [4.69, 9.17) is 0 Å². The van der Waals surface area contributed by atoms with Gasteiger partial charge in [-0.3, -0.25) is 4.79 Å². The lowest BCUT2D eigenvalue weighted by Crippen LogP contribution is -2.32. The van der Waals surface area contributed by atoms with Crippen LogP contribution in [0.25, 0.3) is 10.9 Å². The Labute approximate surface area is 107 Å². The van der Waals surface area contributed by atoms with Crippen molar-refractivity contribution in [1.29, 1.82) is 0 Å². The molecule has 18 heavy (non-hydrogen) atoms. The van der Waals surface area contributed by atoms with Crippen molar-refractivity contribution < 1.29 is 0 Å². The Kier molecular flexibility index (Phi) is 3.82. The summed E-state index contributed by atoms with van der Waals surface area (Å²) in [5.41, 5.74) is 1.68. The number of nitrogens with one attached hydrogen (secondary N) is 2. The van der Waals surface area contributed by atoms with E-state index >= 15 is 0 Å². The molecule has 0 aliphatic rings. The zero-order valence-electron chi connectivity index (χ0n) is 11.2. The number of H-pyrrole nitrogens is 1. The average molecular weight is 244 g/mol. The summed E-state index contributed by atoms with van der Waals surface area (Å²) in [7, 11) is 0. The average Bonchev–Trinajstić information content (AvgIpc) is 2.35. The zero-order valence-corrected chi connectivity index (χ0v) is 11.2. The van der Waals surface area contributed by atoms with Crippen LogP contribution in [0.1, 0.15) is 26.3 Å². The van der Waals surface area contributed by atoms with Crippen LogP contribution in [0.5, 0.6) is 0 Å². The molecule has 3 heteroatoms. The molecule has 1 aromatic carbocycles. The maximum atomic E-state index is 11.9. The lowest BCUT2D eigenvalue weighted by molar-refractivity contribution is 0.425. The smallest absolute Gasteiger partial charge is 0.252 e. The van der Waals surface area contributed by atoms with Crippen molar-refractivity contribution in [3.8, 4) is 0 Å². The second-order valence-corrected chi connectivity index (χ2v) is 5.12. The van der Waals surface area contributed by atoms with Crippen LogP contribution in [0.2, 0.25) is 0 Å².